The monoisotopic (exact) mass is 414 g/mol. The van der Waals surface area contributed by atoms with Crippen molar-refractivity contribution in [3.63, 3.8) is 0 Å². The number of hydrogen-bond donors (Lipinski definition) is 0. The number of rotatable bonds is 4. The molecule has 1 aromatic rings. The molecule has 164 valence electrons. The smallest absolute Gasteiger partial charge is 0.308 e. The van der Waals surface area contributed by atoms with E-state index in [1.807, 2.05) is 6.07 Å². The lowest BCUT2D eigenvalue weighted by molar-refractivity contribution is -0.133. The fourth-order valence-electron chi connectivity index (χ4n) is 6.64. The average Bonchev–Trinajstić information content (AvgIpc) is 3.33. The maximum absolute atomic E-state index is 11.7. The zero-order chi connectivity index (χ0) is 21.9. The molecule has 0 amide bonds. The van der Waals surface area contributed by atoms with Crippen molar-refractivity contribution in [3.8, 4) is 11.5 Å². The van der Waals surface area contributed by atoms with Gasteiger partial charge in [0.2, 0.25) is 0 Å². The van der Waals surface area contributed by atoms with Crippen LogP contribution in [0.1, 0.15) is 72.8 Å². The maximum atomic E-state index is 11.7. The van der Waals surface area contributed by atoms with Gasteiger partial charge in [0.05, 0.1) is 11.7 Å². The first-order valence-electron chi connectivity index (χ1n) is 11.2. The second kappa shape index (κ2) is 7.08. The third kappa shape index (κ3) is 3.26. The van der Waals surface area contributed by atoms with Crippen LogP contribution in [0.2, 0.25) is 0 Å². The summed E-state index contributed by atoms with van der Waals surface area (Å²) in [6, 6.07) is 5.29. The molecular formula is C25H34O5. The quantitative estimate of drug-likeness (QED) is 0.390. The predicted octanol–water partition coefficient (Wildman–Crippen LogP) is 5.09. The van der Waals surface area contributed by atoms with Crippen molar-refractivity contribution in [3.05, 3.63) is 23.8 Å². The van der Waals surface area contributed by atoms with E-state index in [0.717, 1.165) is 31.2 Å². The van der Waals surface area contributed by atoms with Gasteiger partial charge in [-0.05, 0) is 80.0 Å². The maximum Gasteiger partial charge on any atom is 0.308 e. The molecule has 1 aliphatic heterocycles. The zero-order valence-corrected chi connectivity index (χ0v) is 19.0. The van der Waals surface area contributed by atoms with Crippen LogP contribution in [0, 0.1) is 22.7 Å². The highest BCUT2D eigenvalue weighted by Crippen LogP contribution is 2.70. The molecular weight excluding hydrogens is 380 g/mol. The van der Waals surface area contributed by atoms with Gasteiger partial charge in [-0.2, -0.15) is 0 Å². The van der Waals surface area contributed by atoms with Gasteiger partial charge in [0.25, 0.3) is 0 Å². The Kier molecular flexibility index (Phi) is 5.04. The highest BCUT2D eigenvalue weighted by Gasteiger charge is 2.71. The Morgan fingerprint density at radius 2 is 1.77 bits per heavy atom. The first-order valence-corrected chi connectivity index (χ1v) is 11.2. The van der Waals surface area contributed by atoms with Crippen molar-refractivity contribution in [1.82, 2.24) is 0 Å². The molecule has 2 saturated carbocycles. The second-order valence-corrected chi connectivity index (χ2v) is 10.3. The van der Waals surface area contributed by atoms with E-state index in [2.05, 4.69) is 27.7 Å². The molecule has 30 heavy (non-hydrogen) atoms. The first kappa shape index (κ1) is 21.4. The molecule has 0 unspecified atom stereocenters. The van der Waals surface area contributed by atoms with Crippen LogP contribution in [-0.2, 0) is 20.7 Å². The summed E-state index contributed by atoms with van der Waals surface area (Å²) >= 11 is 0. The van der Waals surface area contributed by atoms with E-state index >= 15 is 0 Å². The van der Waals surface area contributed by atoms with Crippen LogP contribution in [0.25, 0.3) is 0 Å². The first-order chi connectivity index (χ1) is 14.0. The lowest BCUT2D eigenvalue weighted by Crippen LogP contribution is -2.56. The molecule has 0 N–H and O–H groups in total. The third-order valence-electron chi connectivity index (χ3n) is 8.70. The van der Waals surface area contributed by atoms with Gasteiger partial charge in [-0.1, -0.05) is 20.8 Å². The number of fused-ring (bicyclic) bond motifs is 3. The Hall–Kier alpha value is -1.88. The van der Waals surface area contributed by atoms with Gasteiger partial charge in [-0.15, -0.1) is 0 Å². The summed E-state index contributed by atoms with van der Waals surface area (Å²) in [5.74, 6) is 1.38. The molecule has 3 fully saturated rings. The molecule has 5 nitrogen and oxygen atoms in total. The largest absolute Gasteiger partial charge is 0.427 e. The van der Waals surface area contributed by atoms with Crippen molar-refractivity contribution in [2.45, 2.75) is 85.4 Å². The van der Waals surface area contributed by atoms with Crippen LogP contribution < -0.4 is 9.47 Å². The number of epoxide rings is 1. The lowest BCUT2D eigenvalue weighted by atomic mass is 9.44. The van der Waals surface area contributed by atoms with Gasteiger partial charge in [0.1, 0.15) is 11.5 Å². The minimum Gasteiger partial charge on any atom is -0.427 e. The number of benzene rings is 1. The molecule has 3 aliphatic rings. The van der Waals surface area contributed by atoms with Crippen molar-refractivity contribution in [2.75, 3.05) is 0 Å². The number of carbonyl (C=O) groups is 2. The Morgan fingerprint density at radius 1 is 1.07 bits per heavy atom. The highest BCUT2D eigenvalue weighted by molar-refractivity contribution is 5.71. The molecule has 1 aromatic carbocycles. The minimum atomic E-state index is -0.358. The molecule has 0 bridgehead atoms. The van der Waals surface area contributed by atoms with Crippen LogP contribution in [0.4, 0.5) is 0 Å². The topological polar surface area (TPSA) is 65.1 Å². The van der Waals surface area contributed by atoms with E-state index in [-0.39, 0.29) is 28.4 Å². The van der Waals surface area contributed by atoms with Crippen LogP contribution in [0.5, 0.6) is 11.5 Å². The standard InChI is InChI=1S/C25H34O5/c1-15-11-12-24(5)21(9-10-22-25(24,6)30-22)23(15,4)14-18-13-19(28-16(2)26)7-8-20(18)29-17(3)27/h7-8,13,15,21-22H,9-12,14H2,1-6H3/t15-,21+,22+,23-,24-,25-/m0/s1. The molecule has 5 heteroatoms. The Bertz CT molecular complexity index is 878. The van der Waals surface area contributed by atoms with Crippen molar-refractivity contribution >= 4 is 11.9 Å². The van der Waals surface area contributed by atoms with Crippen molar-refractivity contribution in [2.24, 2.45) is 22.7 Å². The summed E-state index contributed by atoms with van der Waals surface area (Å²) in [7, 11) is 0. The summed E-state index contributed by atoms with van der Waals surface area (Å²) in [5, 5.41) is 0. The molecule has 0 aromatic heterocycles. The minimum absolute atomic E-state index is 0.0182. The number of esters is 2. The molecule has 2 aliphatic carbocycles. The fourth-order valence-corrected chi connectivity index (χ4v) is 6.64. The summed E-state index contributed by atoms with van der Waals surface area (Å²) in [4.78, 5) is 23.2. The molecule has 0 spiro atoms. The fraction of sp³-hybridized carbons (Fsp3) is 0.680. The molecule has 6 atom stereocenters. The van der Waals surface area contributed by atoms with E-state index in [1.165, 1.54) is 20.3 Å². The normalized spacial score (nSPS) is 39.5. The van der Waals surface area contributed by atoms with Crippen LogP contribution in [0.15, 0.2) is 18.2 Å². The number of carbonyl (C=O) groups excluding carboxylic acids is 2. The number of ether oxygens (including phenoxy) is 3. The lowest BCUT2D eigenvalue weighted by Gasteiger charge is -2.59. The second-order valence-electron chi connectivity index (χ2n) is 10.3. The average molecular weight is 415 g/mol. The van der Waals surface area contributed by atoms with Gasteiger partial charge in [0.15, 0.2) is 0 Å². The predicted molar refractivity (Wildman–Crippen MR) is 113 cm³/mol. The SMILES string of the molecule is CC(=O)Oc1ccc(OC(C)=O)c(C[C@]2(C)[C@H]3CC[C@H]4O[C@]4(C)[C@@]3(C)CC[C@@H]2C)c1. The van der Waals surface area contributed by atoms with E-state index < -0.39 is 0 Å². The van der Waals surface area contributed by atoms with Gasteiger partial charge < -0.3 is 14.2 Å². The van der Waals surface area contributed by atoms with Crippen molar-refractivity contribution < 1.29 is 23.8 Å². The van der Waals surface area contributed by atoms with Gasteiger partial charge >= 0.3 is 11.9 Å². The van der Waals surface area contributed by atoms with Crippen LogP contribution >= 0.6 is 0 Å². The van der Waals surface area contributed by atoms with Gasteiger partial charge in [-0.25, -0.2) is 0 Å². The van der Waals surface area contributed by atoms with Gasteiger partial charge in [0, 0.05) is 19.3 Å². The summed E-state index contributed by atoms with van der Waals surface area (Å²) in [6.07, 6.45) is 5.79. The zero-order valence-electron chi connectivity index (χ0n) is 19.0. The summed E-state index contributed by atoms with van der Waals surface area (Å²) in [6.45, 7) is 12.3. The van der Waals surface area contributed by atoms with E-state index in [9.17, 15) is 9.59 Å². The molecule has 4 rings (SSSR count). The van der Waals surface area contributed by atoms with E-state index in [1.54, 1.807) is 12.1 Å². The van der Waals surface area contributed by atoms with Crippen LogP contribution in [-0.4, -0.2) is 23.6 Å². The van der Waals surface area contributed by atoms with E-state index in [4.69, 9.17) is 14.2 Å². The summed E-state index contributed by atoms with van der Waals surface area (Å²) < 4.78 is 17.1. The molecule has 1 heterocycles. The molecule has 0 radical (unpaired) electrons. The van der Waals surface area contributed by atoms with Crippen molar-refractivity contribution in [1.29, 1.82) is 0 Å². The van der Waals surface area contributed by atoms with E-state index in [0.29, 0.717) is 29.4 Å². The highest BCUT2D eigenvalue weighted by atomic mass is 16.6. The Morgan fingerprint density at radius 3 is 2.43 bits per heavy atom. The number of hydrogen-bond acceptors (Lipinski definition) is 5. The third-order valence-corrected chi connectivity index (χ3v) is 8.70. The van der Waals surface area contributed by atoms with Crippen LogP contribution in [0.3, 0.4) is 0 Å². The summed E-state index contributed by atoms with van der Waals surface area (Å²) in [5.41, 5.74) is 1.07. The molecule has 1 saturated heterocycles. The van der Waals surface area contributed by atoms with Gasteiger partial charge in [-0.3, -0.25) is 9.59 Å². The Labute approximate surface area is 179 Å². The Balaban J connectivity index is 1.72.